The van der Waals surface area contributed by atoms with E-state index in [2.05, 4.69) is 279 Å². The Hall–Kier alpha value is -10.9. The number of aryl methyl sites for hydroxylation is 10. The predicted molar refractivity (Wildman–Crippen MR) is 440 cm³/mol. The summed E-state index contributed by atoms with van der Waals surface area (Å²) >= 11 is 7.25. The van der Waals surface area contributed by atoms with Crippen LogP contribution >= 0.6 is 45.3 Å². The van der Waals surface area contributed by atoms with Crippen molar-refractivity contribution in [2.24, 2.45) is 28.2 Å². The van der Waals surface area contributed by atoms with E-state index in [1.165, 1.54) is 138 Å². The van der Waals surface area contributed by atoms with Gasteiger partial charge in [-0.3, -0.25) is 0 Å². The van der Waals surface area contributed by atoms with Gasteiger partial charge in [-0.25, -0.2) is 4.98 Å². The van der Waals surface area contributed by atoms with E-state index in [1.807, 2.05) is 66.9 Å². The first-order valence-electron chi connectivity index (χ1n) is 37.3. The number of pyridine rings is 5. The molecule has 0 aliphatic rings. The summed E-state index contributed by atoms with van der Waals surface area (Å²) in [6.07, 6.45) is 0. The van der Waals surface area contributed by atoms with Gasteiger partial charge in [-0.2, -0.15) is 18.3 Å². The lowest BCUT2D eigenvalue weighted by atomic mass is 10.0. The van der Waals surface area contributed by atoms with E-state index in [-0.39, 0.29) is 0 Å². The Balaban J connectivity index is 0.000000106. The standard InChI is InChI=1S/C24H20NS.C23H19N2S.2C23H18NS/c1-15-8-9-19(16(2)12-15)22-11-10-20-21-13-17-6-4-5-7-18(17)14-23(21)26-24(20)25(22)3;1-14-8-9-17(15(2)12-14)21-11-10-18-19-13-16-6-4-5-7-20(16)24-22(19)26-23(18)25(21)3;1-15-7-3-6-10-18(15)21-12-11-19-20-13-16-8-4-5-9-17(16)14-22(20)25-23(19)24(21)2;1-15-7-3-5-9-17(15)20-13-12-19-22-18-10-6-4-8-16(18)11-14-21(22)25-23(19)24(20)2/h4-14H,1-3H3;4-13H,1-3H3;2*3-14H,1-2H3/q4*+1/i2*1D3;;. The molecule has 20 rings (SSSR count). The first-order valence-corrected chi connectivity index (χ1v) is 37.6. The van der Waals surface area contributed by atoms with Crippen molar-refractivity contribution in [3.63, 3.8) is 0 Å². The third-order valence-electron chi connectivity index (χ3n) is 20.3. The average molecular weight is 1400 g/mol. The SMILES string of the molecule is Cc1ccccc1-c1ccc2c3c(ccc4ccccc43)sc2[n+]1C.Cc1ccccc1-c1ccc2c3cc4ccccc4cc3sc2[n+]1C.[2H]C([2H])([2H])c1ccc(-c2ccc3c4cc5ccccc5cc4sc3[n+]2C)c(C)c1.[2H]C([2H])([2H])c1ccc(-c2ccc3c4cc5ccccc5nc4sc3[n+]2C)c(C)c1. The van der Waals surface area contributed by atoms with Gasteiger partial charge < -0.3 is 0 Å². The van der Waals surface area contributed by atoms with Crippen LogP contribution in [0.4, 0.5) is 0 Å². The van der Waals surface area contributed by atoms with Gasteiger partial charge in [-0.1, -0.05) is 203 Å². The van der Waals surface area contributed by atoms with Crippen molar-refractivity contribution in [1.29, 1.82) is 0 Å². The number of benzene rings is 11. The lowest BCUT2D eigenvalue weighted by Gasteiger charge is -2.06. The van der Waals surface area contributed by atoms with Crippen LogP contribution in [0.25, 0.3) is 170 Å². The number of para-hydroxylation sites is 1. The van der Waals surface area contributed by atoms with E-state index < -0.39 is 13.7 Å². The Kier molecular flexibility index (Phi) is 14.9. The highest BCUT2D eigenvalue weighted by Gasteiger charge is 2.25. The highest BCUT2D eigenvalue weighted by atomic mass is 32.1. The number of nitrogens with zero attached hydrogens (tertiary/aromatic N) is 5. The second-order valence-corrected chi connectivity index (χ2v) is 30.7. The molecule has 0 fully saturated rings. The number of hydrogen-bond donors (Lipinski definition) is 0. The van der Waals surface area contributed by atoms with Crippen molar-refractivity contribution >= 4 is 170 Å². The van der Waals surface area contributed by atoms with Crippen molar-refractivity contribution in [2.45, 2.75) is 41.4 Å². The van der Waals surface area contributed by atoms with E-state index >= 15 is 0 Å². The molecule has 0 radical (unpaired) electrons. The van der Waals surface area contributed by atoms with Crippen molar-refractivity contribution in [2.75, 3.05) is 0 Å². The van der Waals surface area contributed by atoms with Crippen molar-refractivity contribution in [3.05, 3.63) is 306 Å². The molecular weight excluding hydrogens is 1320 g/mol. The minimum atomic E-state index is -2.09. The number of rotatable bonds is 4. The van der Waals surface area contributed by atoms with Gasteiger partial charge in [0, 0.05) is 95.8 Å². The van der Waals surface area contributed by atoms with Crippen molar-refractivity contribution < 1.29 is 26.5 Å². The Morgan fingerprint density at radius 1 is 0.275 bits per heavy atom. The fourth-order valence-corrected chi connectivity index (χ4v) is 19.7. The van der Waals surface area contributed by atoms with Crippen LogP contribution in [0.5, 0.6) is 0 Å². The predicted octanol–water partition coefficient (Wildman–Crippen LogP) is 24.0. The second kappa shape index (κ2) is 26.2. The quantitative estimate of drug-likeness (QED) is 0.161. The summed E-state index contributed by atoms with van der Waals surface area (Å²) in [7, 11) is 8.51. The highest BCUT2D eigenvalue weighted by molar-refractivity contribution is 7.26. The molecule has 0 atom stereocenters. The molecule has 0 bridgehead atoms. The Morgan fingerprint density at radius 2 is 0.657 bits per heavy atom. The molecule has 0 saturated heterocycles. The largest absolute Gasteiger partial charge is 0.271 e. The lowest BCUT2D eigenvalue weighted by molar-refractivity contribution is -0.631. The van der Waals surface area contributed by atoms with Crippen LogP contribution in [-0.4, -0.2) is 4.98 Å². The smallest absolute Gasteiger partial charge is 0.237 e. The molecule has 0 saturated carbocycles. The summed E-state index contributed by atoms with van der Waals surface area (Å²) in [6.45, 7) is 4.13. The molecule has 0 unspecified atom stereocenters. The molecule has 0 N–H and O–H groups in total. The molecule has 102 heavy (non-hydrogen) atoms. The van der Waals surface area contributed by atoms with Gasteiger partial charge in [-0.15, -0.1) is 0 Å². The molecule has 0 aliphatic heterocycles. The lowest BCUT2D eigenvalue weighted by Crippen LogP contribution is -2.31. The van der Waals surface area contributed by atoms with Gasteiger partial charge in [0.05, 0.1) is 27.1 Å². The fraction of sp³-hybridized carbons (Fsp3) is 0.108. The maximum Gasteiger partial charge on any atom is 0.271 e. The third kappa shape index (κ3) is 11.4. The van der Waals surface area contributed by atoms with Crippen LogP contribution < -0.4 is 18.3 Å². The van der Waals surface area contributed by atoms with Crippen LogP contribution in [0.3, 0.4) is 0 Å². The summed E-state index contributed by atoms with van der Waals surface area (Å²) in [6, 6.07) is 95.5. The third-order valence-corrected chi connectivity index (χ3v) is 25.2. The van der Waals surface area contributed by atoms with E-state index in [0.29, 0.717) is 11.1 Å². The summed E-state index contributed by atoms with van der Waals surface area (Å²) in [5.74, 6) is 0. The van der Waals surface area contributed by atoms with E-state index in [4.69, 9.17) is 13.2 Å². The molecule has 11 aromatic carbocycles. The van der Waals surface area contributed by atoms with E-state index in [1.54, 1.807) is 46.9 Å². The van der Waals surface area contributed by atoms with Crippen LogP contribution in [0.15, 0.2) is 273 Å². The number of thiophene rings is 4. The molecule has 9 heteroatoms. The van der Waals surface area contributed by atoms with Gasteiger partial charge in [-0.05, 0) is 198 Å². The highest BCUT2D eigenvalue weighted by Crippen LogP contribution is 2.42. The zero-order valence-corrected chi connectivity index (χ0v) is 61.1. The normalized spacial score (nSPS) is 12.7. The summed E-state index contributed by atoms with van der Waals surface area (Å²) in [4.78, 5) is 10.9. The maximum absolute atomic E-state index is 7.65. The molecule has 9 aromatic heterocycles. The molecule has 0 amide bonds. The summed E-state index contributed by atoms with van der Waals surface area (Å²) in [5.41, 5.74) is 15.7. The van der Waals surface area contributed by atoms with Crippen molar-refractivity contribution in [3.8, 4) is 45.0 Å². The fourth-order valence-electron chi connectivity index (χ4n) is 15.0. The Bertz CT molecular complexity index is 6820. The molecule has 20 aromatic rings. The van der Waals surface area contributed by atoms with Gasteiger partial charge >= 0.3 is 0 Å². The van der Waals surface area contributed by atoms with Gasteiger partial charge in [0.1, 0.15) is 33.0 Å². The monoisotopic (exact) mass is 1400 g/mol. The van der Waals surface area contributed by atoms with E-state index in [0.717, 1.165) is 54.2 Å². The van der Waals surface area contributed by atoms with Crippen LogP contribution in [0.1, 0.15) is 41.6 Å². The van der Waals surface area contributed by atoms with E-state index in [9.17, 15) is 0 Å². The average Bonchev–Trinajstić information content (AvgIpc) is 1.60. The molecular formula is C93H75N5S4+4. The van der Waals surface area contributed by atoms with Gasteiger partial charge in [0.15, 0.2) is 0 Å². The van der Waals surface area contributed by atoms with Gasteiger partial charge in [0.25, 0.3) is 19.3 Å². The van der Waals surface area contributed by atoms with Crippen LogP contribution in [-0.2, 0) is 28.2 Å². The molecule has 0 spiro atoms. The summed E-state index contributed by atoms with van der Waals surface area (Å²) < 4.78 is 58.9. The number of aromatic nitrogens is 5. The zero-order valence-electron chi connectivity index (χ0n) is 63.8. The number of hydrogen-bond acceptors (Lipinski definition) is 5. The van der Waals surface area contributed by atoms with Crippen LogP contribution in [0.2, 0.25) is 0 Å². The molecule has 5 nitrogen and oxygen atoms in total. The maximum atomic E-state index is 7.65. The van der Waals surface area contributed by atoms with Crippen LogP contribution in [0, 0.1) is 41.4 Å². The Morgan fingerprint density at radius 3 is 1.15 bits per heavy atom. The summed E-state index contributed by atoms with van der Waals surface area (Å²) in [5, 5.41) is 19.2. The Labute approximate surface area is 618 Å². The minimum Gasteiger partial charge on any atom is -0.237 e. The first kappa shape index (κ1) is 57.8. The topological polar surface area (TPSA) is 28.4 Å². The second-order valence-electron chi connectivity index (χ2n) is 26.7. The first-order chi connectivity index (χ1) is 52.1. The molecule has 9 heterocycles. The number of fused-ring (bicyclic) bond motifs is 17. The van der Waals surface area contributed by atoms with Crippen molar-refractivity contribution in [1.82, 2.24) is 4.98 Å². The zero-order chi connectivity index (χ0) is 74.6. The minimum absolute atomic E-state index is 0.375. The van der Waals surface area contributed by atoms with Gasteiger partial charge in [0.2, 0.25) is 22.8 Å². The molecule has 0 aliphatic carbocycles. The molecule has 492 valence electrons.